The average Bonchev–Trinajstić information content (AvgIpc) is 3.38. The minimum atomic E-state index is -0.399. The number of nitrogens with one attached hydrogen (secondary N) is 2. The van der Waals surface area contributed by atoms with Gasteiger partial charge in [0.25, 0.3) is 5.91 Å². The summed E-state index contributed by atoms with van der Waals surface area (Å²) in [5.74, 6) is -0.0148. The van der Waals surface area contributed by atoms with Gasteiger partial charge in [-0.3, -0.25) is 14.4 Å². The second-order valence-corrected chi connectivity index (χ2v) is 6.23. The van der Waals surface area contributed by atoms with Crippen molar-refractivity contribution in [1.82, 2.24) is 10.6 Å². The Morgan fingerprint density at radius 1 is 1.12 bits per heavy atom. The molecule has 0 saturated heterocycles. The maximum atomic E-state index is 12.5. The zero-order valence-electron chi connectivity index (χ0n) is 14.5. The Morgan fingerprint density at radius 2 is 1.88 bits per heavy atom. The van der Waals surface area contributed by atoms with Crippen LogP contribution in [0, 0.1) is 5.92 Å². The summed E-state index contributed by atoms with van der Waals surface area (Å²) in [5, 5.41) is 5.25. The molecule has 0 radical (unpaired) electrons. The van der Waals surface area contributed by atoms with E-state index in [0.717, 1.165) is 12.8 Å². The third kappa shape index (κ3) is 4.30. The van der Waals surface area contributed by atoms with Crippen molar-refractivity contribution in [3.63, 3.8) is 0 Å². The number of nitrogens with zero attached hydrogens (tertiary/aromatic N) is 1. The predicted octanol–water partition coefficient (Wildman–Crippen LogP) is 1.70. The molecule has 0 bridgehead atoms. The molecule has 1 saturated carbocycles. The molecular weight excluding hydrogens is 334 g/mol. The maximum Gasteiger partial charge on any atom is 0.253 e. The number of carbonyl (C=O) groups excluding carboxylic acids is 3. The van der Waals surface area contributed by atoms with Crippen LogP contribution in [0.3, 0.4) is 0 Å². The van der Waals surface area contributed by atoms with Gasteiger partial charge >= 0.3 is 0 Å². The summed E-state index contributed by atoms with van der Waals surface area (Å²) in [4.78, 5) is 38.1. The van der Waals surface area contributed by atoms with E-state index in [4.69, 9.17) is 4.42 Å². The SMILES string of the molecule is CN(C(=O)C1CC1)c1ccccc1C(=O)NCC(=O)NCc1ccco1. The number of hydrogen-bond acceptors (Lipinski definition) is 4. The first-order valence-corrected chi connectivity index (χ1v) is 8.50. The highest BCUT2D eigenvalue weighted by Gasteiger charge is 2.33. The first-order chi connectivity index (χ1) is 12.6. The van der Waals surface area contributed by atoms with Gasteiger partial charge in [0.1, 0.15) is 5.76 Å². The largest absolute Gasteiger partial charge is 0.467 e. The lowest BCUT2D eigenvalue weighted by atomic mass is 10.1. The molecule has 0 atom stereocenters. The molecular formula is C19H21N3O4. The maximum absolute atomic E-state index is 12.5. The number of amides is 3. The smallest absolute Gasteiger partial charge is 0.253 e. The number of anilines is 1. The summed E-state index contributed by atoms with van der Waals surface area (Å²) in [6.07, 6.45) is 3.32. The van der Waals surface area contributed by atoms with E-state index in [-0.39, 0.29) is 30.8 Å². The van der Waals surface area contributed by atoms with Gasteiger partial charge in [-0.1, -0.05) is 12.1 Å². The van der Waals surface area contributed by atoms with E-state index in [1.54, 1.807) is 43.4 Å². The van der Waals surface area contributed by atoms with E-state index in [9.17, 15) is 14.4 Å². The van der Waals surface area contributed by atoms with Gasteiger partial charge in [-0.2, -0.15) is 0 Å². The molecule has 1 aromatic carbocycles. The Kier molecular flexibility index (Phi) is 5.36. The molecule has 0 unspecified atom stereocenters. The molecule has 1 aliphatic rings. The molecule has 2 N–H and O–H groups in total. The molecule has 3 rings (SSSR count). The van der Waals surface area contributed by atoms with Crippen LogP contribution in [0.15, 0.2) is 47.1 Å². The first-order valence-electron chi connectivity index (χ1n) is 8.50. The minimum Gasteiger partial charge on any atom is -0.467 e. The molecule has 2 aromatic rings. The van der Waals surface area contributed by atoms with Gasteiger partial charge in [-0.05, 0) is 37.1 Å². The Hall–Kier alpha value is -3.09. The number of para-hydroxylation sites is 1. The van der Waals surface area contributed by atoms with Gasteiger partial charge in [-0.25, -0.2) is 0 Å². The molecule has 7 nitrogen and oxygen atoms in total. The van der Waals surface area contributed by atoms with Crippen molar-refractivity contribution < 1.29 is 18.8 Å². The Balaban J connectivity index is 1.57. The van der Waals surface area contributed by atoms with Crippen molar-refractivity contribution in [3.05, 3.63) is 54.0 Å². The van der Waals surface area contributed by atoms with Gasteiger partial charge in [0, 0.05) is 13.0 Å². The molecule has 3 amide bonds. The van der Waals surface area contributed by atoms with Crippen LogP contribution in [0.4, 0.5) is 5.69 Å². The number of rotatable bonds is 7. The fourth-order valence-corrected chi connectivity index (χ4v) is 2.60. The summed E-state index contributed by atoms with van der Waals surface area (Å²) < 4.78 is 5.13. The van der Waals surface area contributed by atoms with E-state index in [1.165, 1.54) is 11.2 Å². The van der Waals surface area contributed by atoms with Crippen molar-refractivity contribution in [3.8, 4) is 0 Å². The fourth-order valence-electron chi connectivity index (χ4n) is 2.60. The number of carbonyl (C=O) groups is 3. The average molecular weight is 355 g/mol. The van der Waals surface area contributed by atoms with Crippen LogP contribution in [0.25, 0.3) is 0 Å². The topological polar surface area (TPSA) is 91.7 Å². The first kappa shape index (κ1) is 17.7. The summed E-state index contributed by atoms with van der Waals surface area (Å²) in [6, 6.07) is 10.4. The Labute approximate surface area is 151 Å². The molecule has 1 fully saturated rings. The second kappa shape index (κ2) is 7.86. The van der Waals surface area contributed by atoms with Crippen LogP contribution in [0.1, 0.15) is 29.0 Å². The number of benzene rings is 1. The third-order valence-corrected chi connectivity index (χ3v) is 4.22. The van der Waals surface area contributed by atoms with E-state index < -0.39 is 5.91 Å². The summed E-state index contributed by atoms with van der Waals surface area (Å²) in [5.41, 5.74) is 0.903. The van der Waals surface area contributed by atoms with Crippen LogP contribution < -0.4 is 15.5 Å². The lowest BCUT2D eigenvalue weighted by Crippen LogP contribution is -2.37. The van der Waals surface area contributed by atoms with Gasteiger partial charge in [-0.15, -0.1) is 0 Å². The minimum absolute atomic E-state index is 0.0152. The summed E-state index contributed by atoms with van der Waals surface area (Å²) in [7, 11) is 1.67. The predicted molar refractivity (Wildman–Crippen MR) is 95.5 cm³/mol. The standard InChI is InChI=1S/C19H21N3O4/c1-22(19(25)13-8-9-13)16-7-3-2-6-15(16)18(24)21-12-17(23)20-11-14-5-4-10-26-14/h2-7,10,13H,8-9,11-12H2,1H3,(H,20,23)(H,21,24). The Morgan fingerprint density at radius 3 is 2.58 bits per heavy atom. The second-order valence-electron chi connectivity index (χ2n) is 6.23. The highest BCUT2D eigenvalue weighted by Crippen LogP contribution is 2.33. The molecule has 7 heteroatoms. The van der Waals surface area contributed by atoms with Gasteiger partial charge in [0.2, 0.25) is 11.8 Å². The Bertz CT molecular complexity index is 797. The molecule has 26 heavy (non-hydrogen) atoms. The van der Waals surface area contributed by atoms with E-state index in [2.05, 4.69) is 10.6 Å². The summed E-state index contributed by atoms with van der Waals surface area (Å²) >= 11 is 0. The van der Waals surface area contributed by atoms with Crippen molar-refractivity contribution in [2.75, 3.05) is 18.5 Å². The zero-order chi connectivity index (χ0) is 18.5. The molecule has 1 aliphatic carbocycles. The van der Waals surface area contributed by atoms with Gasteiger partial charge in [0.05, 0.1) is 30.6 Å². The quantitative estimate of drug-likeness (QED) is 0.791. The third-order valence-electron chi connectivity index (χ3n) is 4.22. The van der Waals surface area contributed by atoms with Gasteiger partial charge < -0.3 is 20.0 Å². The van der Waals surface area contributed by atoms with Crippen LogP contribution in [-0.2, 0) is 16.1 Å². The van der Waals surface area contributed by atoms with Crippen LogP contribution in [0.5, 0.6) is 0 Å². The van der Waals surface area contributed by atoms with E-state index in [0.29, 0.717) is 17.0 Å². The molecule has 1 aromatic heterocycles. The van der Waals surface area contributed by atoms with Crippen molar-refractivity contribution in [2.24, 2.45) is 5.92 Å². The lowest BCUT2D eigenvalue weighted by molar-refractivity contribution is -0.120. The molecule has 0 spiro atoms. The number of furan rings is 1. The highest BCUT2D eigenvalue weighted by atomic mass is 16.3. The van der Waals surface area contributed by atoms with E-state index >= 15 is 0 Å². The molecule has 1 heterocycles. The highest BCUT2D eigenvalue weighted by molar-refractivity contribution is 6.06. The van der Waals surface area contributed by atoms with Crippen molar-refractivity contribution in [2.45, 2.75) is 19.4 Å². The van der Waals surface area contributed by atoms with Crippen LogP contribution in [-0.4, -0.2) is 31.3 Å². The molecule has 136 valence electrons. The normalized spacial score (nSPS) is 13.1. The fraction of sp³-hybridized carbons (Fsp3) is 0.316. The van der Waals surface area contributed by atoms with E-state index in [1.807, 2.05) is 0 Å². The molecule has 0 aliphatic heterocycles. The zero-order valence-corrected chi connectivity index (χ0v) is 14.5. The summed E-state index contributed by atoms with van der Waals surface area (Å²) in [6.45, 7) is 0.102. The number of hydrogen-bond donors (Lipinski definition) is 2. The van der Waals surface area contributed by atoms with Crippen LogP contribution >= 0.6 is 0 Å². The lowest BCUT2D eigenvalue weighted by Gasteiger charge is -2.20. The van der Waals surface area contributed by atoms with Crippen LogP contribution in [0.2, 0.25) is 0 Å². The van der Waals surface area contributed by atoms with Crippen molar-refractivity contribution in [1.29, 1.82) is 0 Å². The van der Waals surface area contributed by atoms with Crippen molar-refractivity contribution >= 4 is 23.4 Å². The monoisotopic (exact) mass is 355 g/mol. The van der Waals surface area contributed by atoms with Gasteiger partial charge in [0.15, 0.2) is 0 Å².